The second-order valence-electron chi connectivity index (χ2n) is 10.9. The minimum Gasteiger partial charge on any atom is -0.303 e. The third kappa shape index (κ3) is 5.19. The Morgan fingerprint density at radius 1 is 1.04 bits per heavy atom. The molecule has 28 heavy (non-hydrogen) atoms. The Kier molecular flexibility index (Phi) is 6.32. The minimum absolute atomic E-state index is 0. The summed E-state index contributed by atoms with van der Waals surface area (Å²) in [5.74, 6) is 1.38. The Balaban J connectivity index is 0.00000225. The van der Waals surface area contributed by atoms with Crippen molar-refractivity contribution >= 4 is 18.0 Å². The quantitative estimate of drug-likeness (QED) is 0.517. The van der Waals surface area contributed by atoms with Crippen molar-refractivity contribution in [3.8, 4) is 0 Å². The van der Waals surface area contributed by atoms with Crippen molar-refractivity contribution in [1.29, 1.82) is 0 Å². The Morgan fingerprint density at radius 3 is 2.32 bits per heavy atom. The van der Waals surface area contributed by atoms with Gasteiger partial charge in [-0.2, -0.15) is 0 Å². The monoisotopic (exact) mass is 405 g/mol. The summed E-state index contributed by atoms with van der Waals surface area (Å²) in [7, 11) is 0. The van der Waals surface area contributed by atoms with E-state index in [0.717, 1.165) is 12.3 Å². The summed E-state index contributed by atoms with van der Waals surface area (Å²) in [4.78, 5) is 2.64. The fourth-order valence-electron chi connectivity index (χ4n) is 5.81. The van der Waals surface area contributed by atoms with Gasteiger partial charge in [-0.25, -0.2) is 4.39 Å². The predicted octanol–water partition coefficient (Wildman–Crippen LogP) is 7.07. The Hall–Kier alpha value is -0.860. The van der Waals surface area contributed by atoms with Crippen LogP contribution >= 0.6 is 12.4 Å². The molecule has 156 valence electrons. The molecule has 1 heterocycles. The molecule has 1 aromatic carbocycles. The molecule has 0 aromatic heterocycles. The molecule has 1 nitrogen and oxygen atoms in total. The molecular weight excluding hydrogens is 369 g/mol. The lowest BCUT2D eigenvalue weighted by Crippen LogP contribution is -2.34. The Labute approximate surface area is 177 Å². The van der Waals surface area contributed by atoms with Crippen LogP contribution in [0.5, 0.6) is 0 Å². The van der Waals surface area contributed by atoms with Crippen molar-refractivity contribution in [1.82, 2.24) is 4.90 Å². The fraction of sp³-hybridized carbons (Fsp3) is 0.680. The molecule has 1 aromatic rings. The summed E-state index contributed by atoms with van der Waals surface area (Å²) >= 11 is 0. The maximum absolute atomic E-state index is 14.2. The Morgan fingerprint density at radius 2 is 1.71 bits per heavy atom. The van der Waals surface area contributed by atoms with E-state index >= 15 is 0 Å². The number of likely N-dealkylation sites (tertiary alicyclic amines) is 1. The van der Waals surface area contributed by atoms with Crippen LogP contribution in [0.25, 0.3) is 5.57 Å². The molecule has 0 bridgehead atoms. The molecule has 0 N–H and O–H groups in total. The highest BCUT2D eigenvalue weighted by atomic mass is 35.5. The van der Waals surface area contributed by atoms with E-state index in [1.54, 1.807) is 6.07 Å². The lowest BCUT2D eigenvalue weighted by molar-refractivity contribution is 0.204. The zero-order valence-corrected chi connectivity index (χ0v) is 18.9. The average Bonchev–Trinajstić information content (AvgIpc) is 3.36. The van der Waals surface area contributed by atoms with Gasteiger partial charge in [0.2, 0.25) is 0 Å². The van der Waals surface area contributed by atoms with Crippen molar-refractivity contribution in [3.05, 3.63) is 41.2 Å². The number of hydrogen-bond acceptors (Lipinski definition) is 1. The number of rotatable bonds is 4. The van der Waals surface area contributed by atoms with Gasteiger partial charge in [-0.05, 0) is 103 Å². The molecular formula is C25H37ClFN. The van der Waals surface area contributed by atoms with Crippen LogP contribution in [0.4, 0.5) is 4.39 Å². The molecule has 0 radical (unpaired) electrons. The van der Waals surface area contributed by atoms with Gasteiger partial charge in [-0.3, -0.25) is 0 Å². The first-order valence-electron chi connectivity index (χ1n) is 10.9. The van der Waals surface area contributed by atoms with Crippen molar-refractivity contribution in [3.63, 3.8) is 0 Å². The Bertz CT molecular complexity index is 724. The van der Waals surface area contributed by atoms with E-state index in [-0.39, 0.29) is 23.6 Å². The van der Waals surface area contributed by atoms with Gasteiger partial charge >= 0.3 is 0 Å². The van der Waals surface area contributed by atoms with Gasteiger partial charge in [-0.15, -0.1) is 12.4 Å². The number of allylic oxidation sites excluding steroid dienone is 2. The highest BCUT2D eigenvalue weighted by Gasteiger charge is 2.35. The van der Waals surface area contributed by atoms with Crippen LogP contribution in [0.15, 0.2) is 24.3 Å². The lowest BCUT2D eigenvalue weighted by atomic mass is 9.65. The summed E-state index contributed by atoms with van der Waals surface area (Å²) < 4.78 is 14.2. The first-order chi connectivity index (χ1) is 12.7. The molecule has 4 rings (SSSR count). The van der Waals surface area contributed by atoms with Crippen LogP contribution < -0.4 is 0 Å². The molecule has 0 atom stereocenters. The first-order valence-corrected chi connectivity index (χ1v) is 10.9. The highest BCUT2D eigenvalue weighted by Crippen LogP contribution is 2.49. The molecule has 2 aliphatic carbocycles. The molecule has 1 aliphatic heterocycles. The highest BCUT2D eigenvalue weighted by molar-refractivity contribution is 5.85. The predicted molar refractivity (Wildman–Crippen MR) is 120 cm³/mol. The van der Waals surface area contributed by atoms with E-state index in [0.29, 0.717) is 11.3 Å². The topological polar surface area (TPSA) is 3.24 Å². The number of nitrogens with zero attached hydrogens (tertiary/aromatic N) is 1. The molecule has 0 amide bonds. The van der Waals surface area contributed by atoms with Crippen molar-refractivity contribution in [2.75, 3.05) is 19.6 Å². The molecule has 1 saturated carbocycles. The molecule has 1 saturated heterocycles. The summed E-state index contributed by atoms with van der Waals surface area (Å²) in [5.41, 5.74) is 4.52. The summed E-state index contributed by atoms with van der Waals surface area (Å²) in [6, 6.07) is 5.56. The standard InChI is InChI=1S/C25H36FN.ClH/c1-24(2)14-20(15-25(3,4)17-24)22-8-7-21(26)13-23(22)19-9-11-27(12-10-19)16-18-5-6-18;/h7-8,13-14,18-19H,5-6,9-12,15-17H2,1-4H3;1H. The number of halogens is 2. The molecule has 3 aliphatic rings. The zero-order valence-electron chi connectivity index (χ0n) is 18.1. The maximum Gasteiger partial charge on any atom is 0.123 e. The molecule has 2 fully saturated rings. The van der Waals surface area contributed by atoms with Gasteiger partial charge in [0.1, 0.15) is 5.82 Å². The molecule has 0 spiro atoms. The van der Waals surface area contributed by atoms with Gasteiger partial charge in [-0.1, -0.05) is 39.8 Å². The lowest BCUT2D eigenvalue weighted by Gasteiger charge is -2.40. The number of piperidine rings is 1. The van der Waals surface area contributed by atoms with Crippen molar-refractivity contribution < 1.29 is 4.39 Å². The van der Waals surface area contributed by atoms with Gasteiger partial charge in [0, 0.05) is 6.54 Å². The first kappa shape index (κ1) is 21.8. The zero-order chi connectivity index (χ0) is 19.2. The largest absolute Gasteiger partial charge is 0.303 e. The van der Waals surface area contributed by atoms with Gasteiger partial charge in [0.15, 0.2) is 0 Å². The number of benzene rings is 1. The molecule has 0 unspecified atom stereocenters. The van der Waals surface area contributed by atoms with Gasteiger partial charge in [0.25, 0.3) is 0 Å². The minimum atomic E-state index is -0.0795. The average molecular weight is 406 g/mol. The van der Waals surface area contributed by atoms with E-state index in [4.69, 9.17) is 0 Å². The van der Waals surface area contributed by atoms with Crippen LogP contribution in [-0.2, 0) is 0 Å². The van der Waals surface area contributed by atoms with Gasteiger partial charge < -0.3 is 4.90 Å². The third-order valence-electron chi connectivity index (χ3n) is 6.77. The van der Waals surface area contributed by atoms with Crippen molar-refractivity contribution in [2.45, 2.75) is 72.1 Å². The number of hydrogen-bond donors (Lipinski definition) is 0. The van der Waals surface area contributed by atoms with E-state index in [1.807, 2.05) is 6.07 Å². The second-order valence-corrected chi connectivity index (χ2v) is 10.9. The second kappa shape index (κ2) is 8.11. The van der Waals surface area contributed by atoms with Crippen LogP contribution in [0.3, 0.4) is 0 Å². The SMILES string of the molecule is CC1(C)C=C(c2ccc(F)cc2C2CCN(CC3CC3)CC2)CC(C)(C)C1.Cl. The van der Waals surface area contributed by atoms with Crippen LogP contribution in [0.2, 0.25) is 0 Å². The summed E-state index contributed by atoms with van der Waals surface area (Å²) in [6.45, 7) is 13.1. The van der Waals surface area contributed by atoms with Crippen molar-refractivity contribution in [2.24, 2.45) is 16.7 Å². The fourth-order valence-corrected chi connectivity index (χ4v) is 5.81. The van der Waals surface area contributed by atoms with E-state index in [2.05, 4.69) is 44.7 Å². The normalized spacial score (nSPS) is 25.1. The van der Waals surface area contributed by atoms with Crippen LogP contribution in [0, 0.1) is 22.6 Å². The van der Waals surface area contributed by atoms with Crippen LogP contribution in [-0.4, -0.2) is 24.5 Å². The summed E-state index contributed by atoms with van der Waals surface area (Å²) in [6.07, 6.45) is 9.96. The molecule has 3 heteroatoms. The van der Waals surface area contributed by atoms with E-state index in [9.17, 15) is 4.39 Å². The van der Waals surface area contributed by atoms with E-state index < -0.39 is 0 Å². The summed E-state index contributed by atoms with van der Waals surface area (Å²) in [5, 5.41) is 0. The van der Waals surface area contributed by atoms with E-state index in [1.165, 1.54) is 68.4 Å². The van der Waals surface area contributed by atoms with Crippen LogP contribution in [0.1, 0.15) is 83.3 Å². The smallest absolute Gasteiger partial charge is 0.123 e. The maximum atomic E-state index is 14.2. The third-order valence-corrected chi connectivity index (χ3v) is 6.77. The van der Waals surface area contributed by atoms with Gasteiger partial charge in [0.05, 0.1) is 0 Å².